The number of aromatic nitrogens is 1. The van der Waals surface area contributed by atoms with Gasteiger partial charge in [0.25, 0.3) is 15.9 Å². The zero-order chi connectivity index (χ0) is 25.2. The van der Waals surface area contributed by atoms with Gasteiger partial charge in [0.1, 0.15) is 5.76 Å². The van der Waals surface area contributed by atoms with Gasteiger partial charge in [0.2, 0.25) is 10.0 Å². The first-order valence-corrected chi connectivity index (χ1v) is 13.5. The summed E-state index contributed by atoms with van der Waals surface area (Å²) in [7, 11) is -7.67. The van der Waals surface area contributed by atoms with E-state index in [0.29, 0.717) is 30.2 Å². The Hall–Kier alpha value is -3.26. The van der Waals surface area contributed by atoms with E-state index in [0.717, 1.165) is 0 Å². The Kier molecular flexibility index (Phi) is 6.94. The van der Waals surface area contributed by atoms with Crippen LogP contribution in [0.3, 0.4) is 0 Å². The zero-order valence-corrected chi connectivity index (χ0v) is 20.6. The molecule has 35 heavy (non-hydrogen) atoms. The smallest absolute Gasteiger partial charge is 0.263 e. The van der Waals surface area contributed by atoms with Gasteiger partial charge in [-0.15, -0.1) is 0 Å². The van der Waals surface area contributed by atoms with E-state index in [1.54, 1.807) is 19.9 Å². The highest BCUT2D eigenvalue weighted by Crippen LogP contribution is 2.23. The molecule has 3 aromatic rings. The van der Waals surface area contributed by atoms with E-state index in [1.165, 1.54) is 46.8 Å². The Balaban J connectivity index is 1.50. The number of nitrogens with zero attached hydrogens (tertiary/aromatic N) is 2. The summed E-state index contributed by atoms with van der Waals surface area (Å²) in [6.07, 6.45) is 0. The molecule has 1 aromatic heterocycles. The highest BCUT2D eigenvalue weighted by atomic mass is 32.2. The van der Waals surface area contributed by atoms with Crippen molar-refractivity contribution in [2.75, 3.05) is 36.3 Å². The Labute approximate surface area is 203 Å². The van der Waals surface area contributed by atoms with Crippen LogP contribution in [-0.4, -0.2) is 58.5 Å². The van der Waals surface area contributed by atoms with E-state index in [1.807, 2.05) is 0 Å². The number of morpholine rings is 1. The van der Waals surface area contributed by atoms with E-state index < -0.39 is 26.0 Å². The third-order valence-corrected chi connectivity index (χ3v) is 8.62. The second-order valence-corrected chi connectivity index (χ2v) is 11.5. The van der Waals surface area contributed by atoms with Crippen LogP contribution < -0.4 is 10.0 Å². The highest BCUT2D eigenvalue weighted by molar-refractivity contribution is 7.92. The summed E-state index contributed by atoms with van der Waals surface area (Å²) in [5, 5.41) is 6.28. The molecule has 1 amide bonds. The average Bonchev–Trinajstić information content (AvgIpc) is 3.23. The van der Waals surface area contributed by atoms with Crippen molar-refractivity contribution in [1.29, 1.82) is 0 Å². The first kappa shape index (κ1) is 24.9. The maximum absolute atomic E-state index is 13.0. The molecule has 2 heterocycles. The fourth-order valence-corrected chi connectivity index (χ4v) is 5.89. The highest BCUT2D eigenvalue weighted by Gasteiger charge is 2.27. The van der Waals surface area contributed by atoms with Crippen molar-refractivity contribution in [3.8, 4) is 0 Å². The van der Waals surface area contributed by atoms with E-state index in [9.17, 15) is 21.6 Å². The van der Waals surface area contributed by atoms with E-state index in [4.69, 9.17) is 9.26 Å². The topological polar surface area (TPSA) is 148 Å². The summed E-state index contributed by atoms with van der Waals surface area (Å²) in [4.78, 5) is 12.9. The minimum Gasteiger partial charge on any atom is -0.379 e. The van der Waals surface area contributed by atoms with Gasteiger partial charge in [-0.3, -0.25) is 9.52 Å². The SMILES string of the molecule is Cc1cc(NS(=O)(=O)c2ccc(NC(=O)c3cc(S(=O)(=O)N4CCOCC4)ccc3C)cc2)no1. The number of hydrogen-bond donors (Lipinski definition) is 2. The summed E-state index contributed by atoms with van der Waals surface area (Å²) in [6.45, 7) is 4.47. The molecule has 0 radical (unpaired) electrons. The van der Waals surface area contributed by atoms with Crippen molar-refractivity contribution in [2.24, 2.45) is 0 Å². The molecule has 0 bridgehead atoms. The van der Waals surface area contributed by atoms with Crippen LogP contribution in [0.5, 0.6) is 0 Å². The first-order chi connectivity index (χ1) is 16.6. The fraction of sp³-hybridized carbons (Fsp3) is 0.273. The third-order valence-electron chi connectivity index (χ3n) is 5.35. The molecule has 13 heteroatoms. The summed E-state index contributed by atoms with van der Waals surface area (Å²) >= 11 is 0. The molecule has 1 aliphatic rings. The monoisotopic (exact) mass is 520 g/mol. The zero-order valence-electron chi connectivity index (χ0n) is 19.0. The first-order valence-electron chi connectivity index (χ1n) is 10.6. The minimum atomic E-state index is -3.90. The lowest BCUT2D eigenvalue weighted by atomic mass is 10.1. The van der Waals surface area contributed by atoms with Gasteiger partial charge < -0.3 is 14.6 Å². The quantitative estimate of drug-likeness (QED) is 0.482. The second kappa shape index (κ2) is 9.77. The van der Waals surface area contributed by atoms with Crippen molar-refractivity contribution >= 4 is 37.5 Å². The summed E-state index contributed by atoms with van der Waals surface area (Å²) in [6, 6.07) is 11.4. The molecule has 2 aromatic carbocycles. The molecule has 2 N–H and O–H groups in total. The van der Waals surface area contributed by atoms with E-state index in [2.05, 4.69) is 15.2 Å². The van der Waals surface area contributed by atoms with Crippen LogP contribution in [0.4, 0.5) is 11.5 Å². The number of nitrogens with one attached hydrogen (secondary N) is 2. The normalized spacial score (nSPS) is 15.0. The van der Waals surface area contributed by atoms with Gasteiger partial charge in [-0.2, -0.15) is 4.31 Å². The average molecular weight is 521 g/mol. The summed E-state index contributed by atoms with van der Waals surface area (Å²) < 4.78 is 64.7. The number of amides is 1. The molecule has 0 aliphatic carbocycles. The number of anilines is 2. The molecular weight excluding hydrogens is 496 g/mol. The van der Waals surface area contributed by atoms with Gasteiger partial charge in [-0.1, -0.05) is 11.2 Å². The number of ether oxygens (including phenoxy) is 1. The molecule has 4 rings (SSSR count). The third kappa shape index (κ3) is 5.53. The second-order valence-electron chi connectivity index (χ2n) is 7.90. The van der Waals surface area contributed by atoms with Crippen LogP contribution in [0.25, 0.3) is 0 Å². The summed E-state index contributed by atoms with van der Waals surface area (Å²) in [5.74, 6) is -0.00605. The maximum atomic E-state index is 13.0. The number of rotatable bonds is 7. The number of sulfonamides is 2. The van der Waals surface area contributed by atoms with Crippen LogP contribution in [-0.2, 0) is 24.8 Å². The fourth-order valence-electron chi connectivity index (χ4n) is 3.47. The van der Waals surface area contributed by atoms with Crippen LogP contribution >= 0.6 is 0 Å². The van der Waals surface area contributed by atoms with Gasteiger partial charge in [-0.25, -0.2) is 16.8 Å². The van der Waals surface area contributed by atoms with Crippen molar-refractivity contribution in [1.82, 2.24) is 9.46 Å². The van der Waals surface area contributed by atoms with Gasteiger partial charge in [-0.05, 0) is 55.8 Å². The van der Waals surface area contributed by atoms with Crippen LogP contribution in [0, 0.1) is 13.8 Å². The lowest BCUT2D eigenvalue weighted by molar-refractivity contribution is 0.0730. The lowest BCUT2D eigenvalue weighted by Crippen LogP contribution is -2.40. The number of benzene rings is 2. The Morgan fingerprint density at radius 2 is 1.60 bits per heavy atom. The predicted octanol–water partition coefficient (Wildman–Crippen LogP) is 2.37. The molecule has 1 saturated heterocycles. The largest absolute Gasteiger partial charge is 0.379 e. The number of aryl methyl sites for hydroxylation is 2. The van der Waals surface area contributed by atoms with Gasteiger partial charge in [0.15, 0.2) is 5.82 Å². The van der Waals surface area contributed by atoms with Crippen molar-refractivity contribution < 1.29 is 30.9 Å². The maximum Gasteiger partial charge on any atom is 0.263 e. The van der Waals surface area contributed by atoms with E-state index in [-0.39, 0.29) is 34.3 Å². The Morgan fingerprint density at radius 1 is 0.943 bits per heavy atom. The number of carbonyl (C=O) groups excluding carboxylic acids is 1. The van der Waals surface area contributed by atoms with Crippen LogP contribution in [0.15, 0.2) is 62.8 Å². The molecule has 0 spiro atoms. The van der Waals surface area contributed by atoms with Gasteiger partial charge in [0.05, 0.1) is 23.0 Å². The lowest BCUT2D eigenvalue weighted by Gasteiger charge is -2.26. The number of carbonyl (C=O) groups is 1. The van der Waals surface area contributed by atoms with Gasteiger partial charge >= 0.3 is 0 Å². The molecule has 11 nitrogen and oxygen atoms in total. The summed E-state index contributed by atoms with van der Waals surface area (Å²) in [5.41, 5.74) is 1.13. The van der Waals surface area contributed by atoms with Crippen molar-refractivity contribution in [3.63, 3.8) is 0 Å². The number of hydrogen-bond acceptors (Lipinski definition) is 8. The standard InChI is InChI=1S/C22H24N4O7S2/c1-15-3-6-19(35(30,31)26-9-11-32-12-10-26)14-20(15)22(27)23-17-4-7-18(8-5-17)34(28,29)25-21-13-16(2)33-24-21/h3-8,13-14H,9-12H2,1-2H3,(H,23,27)(H,24,25). The molecule has 0 atom stereocenters. The molecule has 1 fully saturated rings. The molecule has 0 saturated carbocycles. The van der Waals surface area contributed by atoms with Gasteiger partial charge in [0, 0.05) is 30.4 Å². The van der Waals surface area contributed by atoms with E-state index >= 15 is 0 Å². The minimum absolute atomic E-state index is 0.0192. The Bertz CT molecular complexity index is 1440. The predicted molar refractivity (Wildman–Crippen MR) is 127 cm³/mol. The molecular formula is C22H24N4O7S2. The molecule has 1 aliphatic heterocycles. The van der Waals surface area contributed by atoms with Crippen molar-refractivity contribution in [3.05, 3.63) is 65.4 Å². The molecule has 186 valence electrons. The Morgan fingerprint density at radius 3 is 2.23 bits per heavy atom. The van der Waals surface area contributed by atoms with Crippen LogP contribution in [0.2, 0.25) is 0 Å². The van der Waals surface area contributed by atoms with Crippen LogP contribution in [0.1, 0.15) is 21.7 Å². The van der Waals surface area contributed by atoms with Crippen molar-refractivity contribution in [2.45, 2.75) is 23.6 Å². The molecule has 0 unspecified atom stereocenters.